The van der Waals surface area contributed by atoms with Gasteiger partial charge < -0.3 is 4.74 Å². The molecule has 1 aliphatic heterocycles. The van der Waals surface area contributed by atoms with Crippen LogP contribution in [0, 0.1) is 6.92 Å². The molecule has 0 aliphatic carbocycles. The monoisotopic (exact) mass is 323 g/mol. The van der Waals surface area contributed by atoms with Crippen LogP contribution in [-0.2, 0) is 19.6 Å². The second-order valence-corrected chi connectivity index (χ2v) is 7.77. The highest BCUT2D eigenvalue weighted by atomic mass is 32.2. The summed E-state index contributed by atoms with van der Waals surface area (Å²) in [5, 5.41) is 6.55. The van der Waals surface area contributed by atoms with Gasteiger partial charge in [0, 0.05) is 11.8 Å². The third-order valence-electron chi connectivity index (χ3n) is 3.13. The lowest BCUT2D eigenvalue weighted by atomic mass is 10.2. The number of aromatic nitrogens is 1. The van der Waals surface area contributed by atoms with Gasteiger partial charge in [0.25, 0.3) is 0 Å². The summed E-state index contributed by atoms with van der Waals surface area (Å²) in [5.74, 6) is 0. The third-order valence-corrected chi connectivity index (χ3v) is 5.96. The molecule has 3 rings (SSSR count). The van der Waals surface area contributed by atoms with Crippen molar-refractivity contribution in [2.24, 2.45) is 10.2 Å². The Hall–Kier alpha value is -1.64. The molecule has 0 amide bonds. The van der Waals surface area contributed by atoms with Gasteiger partial charge in [-0.05, 0) is 6.92 Å². The first-order valence-corrected chi connectivity index (χ1v) is 8.90. The lowest BCUT2D eigenvalue weighted by Crippen LogP contribution is -2.33. The van der Waals surface area contributed by atoms with Crippen LogP contribution in [-0.4, -0.2) is 26.4 Å². The minimum absolute atomic E-state index is 0.0644. The molecule has 0 radical (unpaired) electrons. The fourth-order valence-electron chi connectivity index (χ4n) is 2.12. The van der Waals surface area contributed by atoms with Crippen LogP contribution < -0.4 is 0 Å². The summed E-state index contributed by atoms with van der Waals surface area (Å²) < 4.78 is 29.7. The first-order chi connectivity index (χ1) is 9.94. The number of thiazole rings is 1. The lowest BCUT2D eigenvalue weighted by Gasteiger charge is -2.20. The van der Waals surface area contributed by atoms with Crippen molar-refractivity contribution in [1.29, 1.82) is 0 Å². The van der Waals surface area contributed by atoms with Crippen molar-refractivity contribution in [2.75, 3.05) is 13.0 Å². The molecule has 1 aromatic carbocycles. The molecule has 1 aromatic heterocycles. The summed E-state index contributed by atoms with van der Waals surface area (Å²) in [6.45, 7) is 1.69. The van der Waals surface area contributed by atoms with Gasteiger partial charge in [0.05, 0.1) is 10.6 Å². The topological polar surface area (TPSA) is 81.0 Å². The maximum atomic E-state index is 12.2. The number of hydrogen-bond donors (Lipinski definition) is 0. The van der Waals surface area contributed by atoms with Gasteiger partial charge in [-0.3, -0.25) is 0 Å². The van der Waals surface area contributed by atoms with E-state index in [-0.39, 0.29) is 6.73 Å². The molecule has 1 unspecified atom stereocenters. The highest BCUT2D eigenvalue weighted by Gasteiger charge is 2.50. The average Bonchev–Trinajstić information content (AvgIpc) is 3.06. The van der Waals surface area contributed by atoms with Gasteiger partial charge in [-0.1, -0.05) is 30.3 Å². The van der Waals surface area contributed by atoms with Crippen molar-refractivity contribution in [2.45, 2.75) is 12.0 Å². The van der Waals surface area contributed by atoms with Crippen LogP contribution in [0.1, 0.15) is 10.6 Å². The van der Waals surface area contributed by atoms with Crippen LogP contribution in [0.15, 0.2) is 40.6 Å². The Balaban J connectivity index is 2.16. The molecule has 0 N–H and O–H groups in total. The van der Waals surface area contributed by atoms with Crippen LogP contribution in [0.4, 0.5) is 0 Å². The molecule has 0 fully saturated rings. The van der Waals surface area contributed by atoms with Crippen LogP contribution >= 0.6 is 11.3 Å². The molecule has 21 heavy (non-hydrogen) atoms. The maximum Gasteiger partial charge on any atom is 0.319 e. The van der Waals surface area contributed by atoms with E-state index in [0.29, 0.717) is 10.6 Å². The number of benzene rings is 1. The molecule has 1 atom stereocenters. The molecule has 2 aromatic rings. The van der Waals surface area contributed by atoms with Gasteiger partial charge in [-0.2, -0.15) is 5.11 Å². The Kier molecular flexibility index (Phi) is 3.39. The van der Waals surface area contributed by atoms with Crippen LogP contribution in [0.3, 0.4) is 0 Å². The largest absolute Gasteiger partial charge is 0.319 e. The summed E-state index contributed by atoms with van der Waals surface area (Å²) in [4.78, 5) is 4.92. The van der Waals surface area contributed by atoms with E-state index in [1.165, 1.54) is 11.3 Å². The fourth-order valence-corrected chi connectivity index (χ4v) is 4.71. The summed E-state index contributed by atoms with van der Waals surface area (Å²) in [6, 6.07) is 9.57. The first-order valence-electron chi connectivity index (χ1n) is 6.19. The van der Waals surface area contributed by atoms with E-state index in [2.05, 4.69) is 15.2 Å². The highest BCUT2D eigenvalue weighted by Crippen LogP contribution is 2.43. The first kappa shape index (κ1) is 14.3. The predicted molar refractivity (Wildman–Crippen MR) is 79.6 cm³/mol. The average molecular weight is 323 g/mol. The molecule has 0 saturated carbocycles. The molecular formula is C13H13N3O3S2. The molecule has 6 nitrogen and oxygen atoms in total. The Bertz CT molecular complexity index is 799. The number of aryl methyl sites for hydroxylation is 1. The van der Waals surface area contributed by atoms with Gasteiger partial charge in [0.1, 0.15) is 5.01 Å². The molecule has 0 bridgehead atoms. The van der Waals surface area contributed by atoms with Gasteiger partial charge in [0.15, 0.2) is 6.73 Å². The molecule has 110 valence electrons. The smallest absolute Gasteiger partial charge is 0.311 e. The number of nitrogens with zero attached hydrogens (tertiary/aromatic N) is 3. The van der Waals surface area contributed by atoms with Gasteiger partial charge in [-0.25, -0.2) is 13.4 Å². The standard InChI is InChI=1S/C13H13N3O3S2/c1-9-11(13(21(2,17)18)16-14-8-19-13)20-12(15-9)10-6-4-3-5-7-10/h3-7H,8H2,1-2H3. The van der Waals surface area contributed by atoms with E-state index in [4.69, 9.17) is 4.74 Å². The lowest BCUT2D eigenvalue weighted by molar-refractivity contribution is 0.0641. The van der Waals surface area contributed by atoms with Crippen LogP contribution in [0.2, 0.25) is 0 Å². The number of azo groups is 1. The second kappa shape index (κ2) is 4.97. The summed E-state index contributed by atoms with van der Waals surface area (Å²) >= 11 is 1.27. The predicted octanol–water partition coefficient (Wildman–Crippen LogP) is 2.71. The van der Waals surface area contributed by atoms with Crippen LogP contribution in [0.25, 0.3) is 10.6 Å². The van der Waals surface area contributed by atoms with Crippen molar-refractivity contribution in [3.63, 3.8) is 0 Å². The van der Waals surface area contributed by atoms with Crippen molar-refractivity contribution in [3.8, 4) is 10.6 Å². The Morgan fingerprint density at radius 1 is 1.29 bits per heavy atom. The quantitative estimate of drug-likeness (QED) is 0.869. The number of rotatable bonds is 3. The third kappa shape index (κ3) is 2.29. The summed E-state index contributed by atoms with van der Waals surface area (Å²) in [6.07, 6.45) is 1.10. The van der Waals surface area contributed by atoms with Crippen molar-refractivity contribution < 1.29 is 13.2 Å². The van der Waals surface area contributed by atoms with Gasteiger partial charge in [-0.15, -0.1) is 16.5 Å². The minimum Gasteiger partial charge on any atom is -0.311 e. The van der Waals surface area contributed by atoms with E-state index in [1.54, 1.807) is 6.92 Å². The number of ether oxygens (including phenoxy) is 1. The van der Waals surface area contributed by atoms with Crippen molar-refractivity contribution in [3.05, 3.63) is 40.9 Å². The molecule has 1 aliphatic rings. The fraction of sp³-hybridized carbons (Fsp3) is 0.308. The van der Waals surface area contributed by atoms with Gasteiger partial charge >= 0.3 is 5.06 Å². The van der Waals surface area contributed by atoms with E-state index < -0.39 is 14.9 Å². The van der Waals surface area contributed by atoms with E-state index >= 15 is 0 Å². The molecule has 8 heteroatoms. The Morgan fingerprint density at radius 2 is 2.00 bits per heavy atom. The van der Waals surface area contributed by atoms with Crippen molar-refractivity contribution in [1.82, 2.24) is 4.98 Å². The Labute approximate surface area is 126 Å². The zero-order chi connectivity index (χ0) is 15.1. The van der Waals surface area contributed by atoms with Gasteiger partial charge in [0.2, 0.25) is 9.84 Å². The van der Waals surface area contributed by atoms with E-state index in [9.17, 15) is 8.42 Å². The maximum absolute atomic E-state index is 12.2. The minimum atomic E-state index is -3.62. The molecule has 0 saturated heterocycles. The summed E-state index contributed by atoms with van der Waals surface area (Å²) in [7, 11) is -3.62. The zero-order valence-corrected chi connectivity index (χ0v) is 13.1. The Morgan fingerprint density at radius 3 is 2.57 bits per heavy atom. The van der Waals surface area contributed by atoms with Crippen LogP contribution in [0.5, 0.6) is 0 Å². The normalized spacial score (nSPS) is 21.8. The van der Waals surface area contributed by atoms with Crippen molar-refractivity contribution >= 4 is 21.2 Å². The molecule has 0 spiro atoms. The highest BCUT2D eigenvalue weighted by molar-refractivity contribution is 7.91. The molecular weight excluding hydrogens is 310 g/mol. The van der Waals surface area contributed by atoms with E-state index in [0.717, 1.165) is 16.8 Å². The summed E-state index contributed by atoms with van der Waals surface area (Å²) in [5.41, 5.74) is 1.51. The SMILES string of the molecule is Cc1nc(-c2ccccc2)sc1C1(S(C)(=O)=O)N=NCO1. The molecule has 2 heterocycles. The second-order valence-electron chi connectivity index (χ2n) is 4.67. The number of hydrogen-bond acceptors (Lipinski definition) is 7. The number of sulfone groups is 1. The van der Waals surface area contributed by atoms with E-state index in [1.807, 2.05) is 30.3 Å². The zero-order valence-electron chi connectivity index (χ0n) is 11.5.